The number of hydrogen-bond donors (Lipinski definition) is 1. The van der Waals surface area contributed by atoms with Gasteiger partial charge in [0.25, 0.3) is 0 Å². The van der Waals surface area contributed by atoms with Gasteiger partial charge >= 0.3 is 0 Å². The average molecular weight is 227 g/mol. The minimum absolute atomic E-state index is 0.667. The molecule has 96 valence electrons. The number of hydrogen-bond acceptors (Lipinski definition) is 3. The van der Waals surface area contributed by atoms with Crippen LogP contribution in [0.15, 0.2) is 0 Å². The quantitative estimate of drug-likeness (QED) is 0.740. The summed E-state index contributed by atoms with van der Waals surface area (Å²) in [4.78, 5) is 4.92. The van der Waals surface area contributed by atoms with Gasteiger partial charge in [0.2, 0.25) is 0 Å². The van der Waals surface area contributed by atoms with Gasteiger partial charge in [0.05, 0.1) is 0 Å². The molecule has 0 saturated carbocycles. The van der Waals surface area contributed by atoms with Gasteiger partial charge in [0.1, 0.15) is 0 Å². The van der Waals surface area contributed by atoms with Crippen LogP contribution in [0.3, 0.4) is 0 Å². The fraction of sp³-hybridized carbons (Fsp3) is 1.00. The molecule has 0 spiro atoms. The van der Waals surface area contributed by atoms with Crippen LogP contribution in [0.4, 0.5) is 0 Å². The van der Waals surface area contributed by atoms with Crippen molar-refractivity contribution >= 4 is 0 Å². The molecule has 1 aliphatic rings. The van der Waals surface area contributed by atoms with Crippen molar-refractivity contribution in [3.63, 3.8) is 0 Å². The van der Waals surface area contributed by atoms with Gasteiger partial charge in [0.15, 0.2) is 0 Å². The first-order valence-electron chi connectivity index (χ1n) is 6.75. The highest BCUT2D eigenvalue weighted by Gasteiger charge is 2.21. The van der Waals surface area contributed by atoms with Gasteiger partial charge in [-0.05, 0) is 27.4 Å². The normalized spacial score (nSPS) is 25.9. The van der Waals surface area contributed by atoms with E-state index in [4.69, 9.17) is 0 Å². The molecule has 0 radical (unpaired) electrons. The highest BCUT2D eigenvalue weighted by molar-refractivity contribution is 4.81. The van der Waals surface area contributed by atoms with Gasteiger partial charge in [-0.25, -0.2) is 0 Å². The maximum atomic E-state index is 3.67. The molecule has 2 atom stereocenters. The van der Waals surface area contributed by atoms with Crippen LogP contribution >= 0.6 is 0 Å². The Hall–Kier alpha value is -0.120. The first kappa shape index (κ1) is 13.9. The van der Waals surface area contributed by atoms with E-state index in [1.807, 2.05) is 0 Å². The molecule has 1 heterocycles. The van der Waals surface area contributed by atoms with Crippen molar-refractivity contribution in [2.75, 3.05) is 40.3 Å². The molecule has 0 bridgehead atoms. The zero-order valence-electron chi connectivity index (χ0n) is 11.5. The summed E-state index contributed by atoms with van der Waals surface area (Å²) in [5, 5.41) is 3.67. The van der Waals surface area contributed by atoms with E-state index in [2.05, 4.69) is 43.1 Å². The topological polar surface area (TPSA) is 18.5 Å². The van der Waals surface area contributed by atoms with E-state index in [1.54, 1.807) is 0 Å². The number of unbranched alkanes of at least 4 members (excludes halogenated alkanes) is 1. The van der Waals surface area contributed by atoms with Crippen LogP contribution in [0.2, 0.25) is 0 Å². The SMILES string of the molecule is CCCCC(C)NCC1CN(C)CCN1C. The first-order valence-corrected chi connectivity index (χ1v) is 6.75. The largest absolute Gasteiger partial charge is 0.313 e. The Bertz CT molecular complexity index is 184. The van der Waals surface area contributed by atoms with Gasteiger partial charge in [-0.3, -0.25) is 4.90 Å². The third-order valence-corrected chi connectivity index (χ3v) is 3.67. The van der Waals surface area contributed by atoms with Crippen LogP contribution in [0.25, 0.3) is 0 Å². The second-order valence-electron chi connectivity index (χ2n) is 5.35. The summed E-state index contributed by atoms with van der Waals surface area (Å²) in [5.41, 5.74) is 0. The Kier molecular flexibility index (Phi) is 6.32. The van der Waals surface area contributed by atoms with E-state index in [9.17, 15) is 0 Å². The summed E-state index contributed by atoms with van der Waals surface area (Å²) in [6.45, 7) is 9.30. The summed E-state index contributed by atoms with van der Waals surface area (Å²) in [6.07, 6.45) is 3.95. The predicted molar refractivity (Wildman–Crippen MR) is 70.9 cm³/mol. The van der Waals surface area contributed by atoms with Crippen LogP contribution in [0.1, 0.15) is 33.1 Å². The average Bonchev–Trinajstić information content (AvgIpc) is 2.27. The molecular formula is C13H29N3. The van der Waals surface area contributed by atoms with Gasteiger partial charge in [-0.2, -0.15) is 0 Å². The standard InChI is InChI=1S/C13H29N3/c1-5-6-7-12(2)14-10-13-11-15(3)8-9-16(13)4/h12-14H,5-11H2,1-4H3. The van der Waals surface area contributed by atoms with Crippen molar-refractivity contribution in [2.24, 2.45) is 0 Å². The van der Waals surface area contributed by atoms with Gasteiger partial charge < -0.3 is 10.2 Å². The molecule has 0 aliphatic carbocycles. The molecule has 1 aliphatic heterocycles. The fourth-order valence-electron chi connectivity index (χ4n) is 2.27. The molecular weight excluding hydrogens is 198 g/mol. The lowest BCUT2D eigenvalue weighted by Crippen LogP contribution is -2.54. The Morgan fingerprint density at radius 1 is 1.31 bits per heavy atom. The Morgan fingerprint density at radius 3 is 2.75 bits per heavy atom. The molecule has 0 aromatic heterocycles. The van der Waals surface area contributed by atoms with Gasteiger partial charge in [-0.15, -0.1) is 0 Å². The summed E-state index contributed by atoms with van der Waals surface area (Å²) in [6, 6.07) is 1.35. The van der Waals surface area contributed by atoms with E-state index in [0.717, 1.165) is 6.54 Å². The summed E-state index contributed by atoms with van der Waals surface area (Å²) in [7, 11) is 4.47. The first-order chi connectivity index (χ1) is 7.63. The highest BCUT2D eigenvalue weighted by atomic mass is 15.3. The second-order valence-corrected chi connectivity index (χ2v) is 5.35. The molecule has 16 heavy (non-hydrogen) atoms. The molecule has 3 nitrogen and oxygen atoms in total. The monoisotopic (exact) mass is 227 g/mol. The van der Waals surface area contributed by atoms with Crippen molar-refractivity contribution in [2.45, 2.75) is 45.2 Å². The summed E-state index contributed by atoms with van der Waals surface area (Å²) in [5.74, 6) is 0. The number of nitrogens with one attached hydrogen (secondary N) is 1. The zero-order chi connectivity index (χ0) is 12.0. The Labute approximate surface area is 101 Å². The summed E-state index contributed by atoms with van der Waals surface area (Å²) < 4.78 is 0. The number of rotatable bonds is 6. The minimum atomic E-state index is 0.667. The number of likely N-dealkylation sites (N-methyl/N-ethyl adjacent to an activating group) is 2. The molecule has 0 aromatic carbocycles. The van der Waals surface area contributed by atoms with E-state index in [0.29, 0.717) is 12.1 Å². The molecule has 0 amide bonds. The van der Waals surface area contributed by atoms with Gasteiger partial charge in [0, 0.05) is 38.3 Å². The second kappa shape index (κ2) is 7.25. The molecule has 1 rings (SSSR count). The van der Waals surface area contributed by atoms with Crippen molar-refractivity contribution in [1.82, 2.24) is 15.1 Å². The smallest absolute Gasteiger partial charge is 0.0345 e. The van der Waals surface area contributed by atoms with Gasteiger partial charge in [-0.1, -0.05) is 19.8 Å². The van der Waals surface area contributed by atoms with Crippen LogP contribution in [-0.4, -0.2) is 62.2 Å². The maximum absolute atomic E-state index is 3.67. The van der Waals surface area contributed by atoms with E-state index >= 15 is 0 Å². The van der Waals surface area contributed by atoms with Crippen molar-refractivity contribution in [3.05, 3.63) is 0 Å². The molecule has 1 fully saturated rings. The molecule has 3 heteroatoms. The van der Waals surface area contributed by atoms with Crippen molar-refractivity contribution < 1.29 is 0 Å². The lowest BCUT2D eigenvalue weighted by Gasteiger charge is -2.38. The third-order valence-electron chi connectivity index (χ3n) is 3.67. The van der Waals surface area contributed by atoms with Crippen LogP contribution < -0.4 is 5.32 Å². The molecule has 2 unspecified atom stereocenters. The summed E-state index contributed by atoms with van der Waals surface area (Å²) >= 11 is 0. The molecule has 1 saturated heterocycles. The Morgan fingerprint density at radius 2 is 2.06 bits per heavy atom. The molecule has 0 aromatic rings. The maximum Gasteiger partial charge on any atom is 0.0345 e. The van der Waals surface area contributed by atoms with Crippen LogP contribution in [0.5, 0.6) is 0 Å². The highest BCUT2D eigenvalue weighted by Crippen LogP contribution is 2.06. The lowest BCUT2D eigenvalue weighted by molar-refractivity contribution is 0.111. The molecule has 1 N–H and O–H groups in total. The van der Waals surface area contributed by atoms with E-state index in [1.165, 1.54) is 38.9 Å². The van der Waals surface area contributed by atoms with Crippen molar-refractivity contribution in [1.29, 1.82) is 0 Å². The van der Waals surface area contributed by atoms with Crippen molar-refractivity contribution in [3.8, 4) is 0 Å². The lowest BCUT2D eigenvalue weighted by atomic mass is 10.1. The number of piperazine rings is 1. The zero-order valence-corrected chi connectivity index (χ0v) is 11.5. The van der Waals surface area contributed by atoms with Crippen LogP contribution in [0, 0.1) is 0 Å². The number of nitrogens with zero attached hydrogens (tertiary/aromatic N) is 2. The van der Waals surface area contributed by atoms with Crippen LogP contribution in [-0.2, 0) is 0 Å². The van der Waals surface area contributed by atoms with E-state index < -0.39 is 0 Å². The minimum Gasteiger partial charge on any atom is -0.313 e. The fourth-order valence-corrected chi connectivity index (χ4v) is 2.27. The predicted octanol–water partition coefficient (Wildman–Crippen LogP) is 1.40. The van der Waals surface area contributed by atoms with E-state index in [-0.39, 0.29) is 0 Å². The Balaban J connectivity index is 2.19. The third kappa shape index (κ3) is 4.81.